The monoisotopic (exact) mass is 201 g/mol. The van der Waals surface area contributed by atoms with Crippen LogP contribution in [0.2, 0.25) is 0 Å². The van der Waals surface area contributed by atoms with Crippen LogP contribution in [-0.2, 0) is 10.0 Å². The van der Waals surface area contributed by atoms with Crippen LogP contribution in [0.5, 0.6) is 0 Å². The van der Waals surface area contributed by atoms with Gasteiger partial charge in [-0.2, -0.15) is 0 Å². The third-order valence-electron chi connectivity index (χ3n) is 1.00. The molecule has 0 aromatic rings. The normalized spacial score (nSPS) is 14.8. The molecule has 0 aliphatic carbocycles. The highest BCUT2D eigenvalue weighted by Gasteiger charge is 2.11. The van der Waals surface area contributed by atoms with E-state index in [-0.39, 0.29) is 18.2 Å². The molecule has 0 saturated carbocycles. The lowest BCUT2D eigenvalue weighted by Gasteiger charge is -2.09. The van der Waals surface area contributed by atoms with Crippen LogP contribution in [-0.4, -0.2) is 37.8 Å². The minimum Gasteiger partial charge on any atom is -0.395 e. The zero-order chi connectivity index (χ0) is 8.91. The lowest BCUT2D eigenvalue weighted by molar-refractivity contribution is 0.265. The molecule has 68 valence electrons. The Morgan fingerprint density at radius 3 is 2.55 bits per heavy atom. The summed E-state index contributed by atoms with van der Waals surface area (Å²) in [5.41, 5.74) is 0. The van der Waals surface area contributed by atoms with Gasteiger partial charge in [-0.25, -0.2) is 13.1 Å². The second-order valence-corrected chi connectivity index (χ2v) is 4.46. The molecule has 0 spiro atoms. The van der Waals surface area contributed by atoms with Gasteiger partial charge in [0.05, 0.1) is 12.4 Å². The molecule has 2 N–H and O–H groups in total. The van der Waals surface area contributed by atoms with Gasteiger partial charge in [-0.3, -0.25) is 0 Å². The van der Waals surface area contributed by atoms with Crippen LogP contribution in [0.25, 0.3) is 0 Å². The van der Waals surface area contributed by atoms with Crippen molar-refractivity contribution in [3.8, 4) is 0 Å². The third kappa shape index (κ3) is 5.43. The summed E-state index contributed by atoms with van der Waals surface area (Å²) < 4.78 is 24.0. The third-order valence-corrected chi connectivity index (χ3v) is 2.92. The molecule has 0 unspecified atom stereocenters. The first-order valence-electron chi connectivity index (χ1n) is 3.18. The SMILES string of the molecule is C[C@@H](CO)NS(=O)(=O)CCCl. The molecule has 0 fully saturated rings. The molecule has 0 aliphatic heterocycles. The fraction of sp³-hybridized carbons (Fsp3) is 1.00. The zero-order valence-corrected chi connectivity index (χ0v) is 7.82. The molecule has 11 heavy (non-hydrogen) atoms. The first-order valence-corrected chi connectivity index (χ1v) is 5.37. The van der Waals surface area contributed by atoms with Gasteiger partial charge in [-0.05, 0) is 6.92 Å². The van der Waals surface area contributed by atoms with Gasteiger partial charge in [0.2, 0.25) is 10.0 Å². The van der Waals surface area contributed by atoms with Gasteiger partial charge in [0.15, 0.2) is 0 Å². The maximum atomic E-state index is 10.9. The van der Waals surface area contributed by atoms with E-state index < -0.39 is 16.1 Å². The van der Waals surface area contributed by atoms with Crippen LogP contribution in [0.3, 0.4) is 0 Å². The molecule has 1 atom stereocenters. The zero-order valence-electron chi connectivity index (χ0n) is 6.25. The van der Waals surface area contributed by atoms with Crippen molar-refractivity contribution in [3.63, 3.8) is 0 Å². The molecule has 0 amide bonds. The van der Waals surface area contributed by atoms with Gasteiger partial charge < -0.3 is 5.11 Å². The van der Waals surface area contributed by atoms with Crippen molar-refractivity contribution in [2.24, 2.45) is 0 Å². The van der Waals surface area contributed by atoms with E-state index in [0.29, 0.717) is 0 Å². The summed E-state index contributed by atoms with van der Waals surface area (Å²) in [6, 6.07) is -0.441. The smallest absolute Gasteiger partial charge is 0.213 e. The van der Waals surface area contributed by atoms with Crippen molar-refractivity contribution in [3.05, 3.63) is 0 Å². The van der Waals surface area contributed by atoms with Gasteiger partial charge in [-0.15, -0.1) is 11.6 Å². The molecule has 4 nitrogen and oxygen atoms in total. The number of rotatable bonds is 5. The lowest BCUT2D eigenvalue weighted by atomic mass is 10.4. The number of alkyl halides is 1. The van der Waals surface area contributed by atoms with E-state index in [2.05, 4.69) is 4.72 Å². The predicted molar refractivity (Wildman–Crippen MR) is 44.2 cm³/mol. The molecular formula is C5H12ClNO3S. The topological polar surface area (TPSA) is 66.4 Å². The Hall–Kier alpha value is 0.160. The minimum absolute atomic E-state index is 0.0630. The Kier molecular flexibility index (Phi) is 4.99. The molecule has 0 heterocycles. The fourth-order valence-corrected chi connectivity index (χ4v) is 2.12. The molecule has 0 saturated heterocycles. The fourth-order valence-electron chi connectivity index (χ4n) is 0.504. The van der Waals surface area contributed by atoms with E-state index in [0.717, 1.165) is 0 Å². The van der Waals surface area contributed by atoms with E-state index >= 15 is 0 Å². The number of aliphatic hydroxyl groups is 1. The first-order chi connectivity index (χ1) is 5.02. The Morgan fingerprint density at radius 2 is 2.18 bits per heavy atom. The lowest BCUT2D eigenvalue weighted by Crippen LogP contribution is -2.36. The molecule has 6 heteroatoms. The largest absolute Gasteiger partial charge is 0.395 e. The number of nitrogens with one attached hydrogen (secondary N) is 1. The molecule has 0 aliphatic rings. The first kappa shape index (κ1) is 11.2. The molecule has 0 aromatic carbocycles. The molecular weight excluding hydrogens is 190 g/mol. The van der Waals surface area contributed by atoms with E-state index in [1.165, 1.54) is 0 Å². The van der Waals surface area contributed by atoms with E-state index in [1.54, 1.807) is 6.92 Å². The van der Waals surface area contributed by atoms with Gasteiger partial charge in [-0.1, -0.05) is 0 Å². The molecule has 0 rings (SSSR count). The Morgan fingerprint density at radius 1 is 1.64 bits per heavy atom. The minimum atomic E-state index is -3.28. The molecule has 0 bridgehead atoms. The van der Waals surface area contributed by atoms with Crippen molar-refractivity contribution < 1.29 is 13.5 Å². The van der Waals surface area contributed by atoms with Crippen LogP contribution >= 0.6 is 11.6 Å². The van der Waals surface area contributed by atoms with E-state index in [1.807, 2.05) is 0 Å². The molecule has 0 radical (unpaired) electrons. The Labute approximate surface area is 71.6 Å². The van der Waals surface area contributed by atoms with E-state index in [9.17, 15) is 8.42 Å². The average molecular weight is 202 g/mol. The summed E-state index contributed by atoms with van der Waals surface area (Å²) in [5, 5.41) is 8.51. The summed E-state index contributed by atoms with van der Waals surface area (Å²) in [5.74, 6) is -0.0492. The van der Waals surface area contributed by atoms with Crippen molar-refractivity contribution >= 4 is 21.6 Å². The Bertz CT molecular complexity index is 192. The average Bonchev–Trinajstić information content (AvgIpc) is 1.86. The highest BCUT2D eigenvalue weighted by atomic mass is 35.5. The quantitative estimate of drug-likeness (QED) is 0.591. The number of hydrogen-bond acceptors (Lipinski definition) is 3. The van der Waals surface area contributed by atoms with Crippen LogP contribution in [0.4, 0.5) is 0 Å². The van der Waals surface area contributed by atoms with Crippen molar-refractivity contribution in [1.82, 2.24) is 4.72 Å². The maximum absolute atomic E-state index is 10.9. The summed E-state index contributed by atoms with van der Waals surface area (Å²) in [4.78, 5) is 0. The van der Waals surface area contributed by atoms with Crippen molar-refractivity contribution in [1.29, 1.82) is 0 Å². The highest BCUT2D eigenvalue weighted by Crippen LogP contribution is 1.89. The highest BCUT2D eigenvalue weighted by molar-refractivity contribution is 7.89. The molecule has 0 aromatic heterocycles. The van der Waals surface area contributed by atoms with Crippen LogP contribution < -0.4 is 4.72 Å². The van der Waals surface area contributed by atoms with Gasteiger partial charge in [0.25, 0.3) is 0 Å². The van der Waals surface area contributed by atoms with Crippen LogP contribution in [0.15, 0.2) is 0 Å². The number of hydrogen-bond donors (Lipinski definition) is 2. The number of aliphatic hydroxyl groups excluding tert-OH is 1. The number of halogens is 1. The van der Waals surface area contributed by atoms with Crippen molar-refractivity contribution in [2.75, 3.05) is 18.2 Å². The standard InChI is InChI=1S/C5H12ClNO3S/c1-5(4-8)7-11(9,10)3-2-6/h5,7-8H,2-4H2,1H3/t5-/m0/s1. The second-order valence-electron chi connectivity index (χ2n) is 2.21. The summed E-state index contributed by atoms with van der Waals surface area (Å²) in [7, 11) is -3.28. The van der Waals surface area contributed by atoms with Gasteiger partial charge in [0.1, 0.15) is 0 Å². The van der Waals surface area contributed by atoms with Gasteiger partial charge in [0, 0.05) is 11.9 Å². The predicted octanol–water partition coefficient (Wildman–Crippen LogP) is -0.475. The van der Waals surface area contributed by atoms with E-state index in [4.69, 9.17) is 16.7 Å². The summed E-state index contributed by atoms with van der Waals surface area (Å²) >= 11 is 5.23. The second kappa shape index (κ2) is 4.92. The summed E-state index contributed by atoms with van der Waals surface area (Å²) in [6.45, 7) is 1.37. The van der Waals surface area contributed by atoms with Crippen LogP contribution in [0, 0.1) is 0 Å². The van der Waals surface area contributed by atoms with Crippen molar-refractivity contribution in [2.45, 2.75) is 13.0 Å². The number of sulfonamides is 1. The van der Waals surface area contributed by atoms with Crippen LogP contribution in [0.1, 0.15) is 6.92 Å². The van der Waals surface area contributed by atoms with Gasteiger partial charge >= 0.3 is 0 Å². The maximum Gasteiger partial charge on any atom is 0.213 e. The Balaban J connectivity index is 3.92. The summed E-state index contributed by atoms with van der Waals surface area (Å²) in [6.07, 6.45) is 0.